The van der Waals surface area contributed by atoms with Gasteiger partial charge in [0.25, 0.3) is 0 Å². The Kier molecular flexibility index (Phi) is 7.14. The summed E-state index contributed by atoms with van der Waals surface area (Å²) >= 11 is 1.67. The number of aromatic nitrogens is 4. The molecule has 1 N–H and O–H groups in total. The molecule has 1 aliphatic carbocycles. The largest absolute Gasteiger partial charge is 0.497 e. The van der Waals surface area contributed by atoms with E-state index in [2.05, 4.69) is 25.2 Å². The average molecular weight is 476 g/mol. The number of thioether (sulfide) groups is 1. The number of benzene rings is 2. The molecule has 2 heterocycles. The molecule has 0 aliphatic heterocycles. The molecule has 0 bridgehead atoms. The third-order valence-electron chi connectivity index (χ3n) is 6.16. The Morgan fingerprint density at radius 3 is 2.71 bits per heavy atom. The minimum atomic E-state index is 0.436. The number of nitrogens with one attached hydrogen (secondary N) is 1. The molecule has 4 aromatic rings. The highest BCUT2D eigenvalue weighted by Gasteiger charge is 2.23. The lowest BCUT2D eigenvalue weighted by Crippen LogP contribution is -2.18. The van der Waals surface area contributed by atoms with E-state index in [1.54, 1.807) is 18.9 Å². The summed E-state index contributed by atoms with van der Waals surface area (Å²) < 4.78 is 13.3. The van der Waals surface area contributed by atoms with Gasteiger partial charge in [-0.1, -0.05) is 72.6 Å². The van der Waals surface area contributed by atoms with Gasteiger partial charge in [0.2, 0.25) is 0 Å². The minimum absolute atomic E-state index is 0.436. The van der Waals surface area contributed by atoms with Gasteiger partial charge in [-0.15, -0.1) is 10.2 Å². The van der Waals surface area contributed by atoms with Crippen LogP contribution in [0.4, 0.5) is 5.69 Å². The van der Waals surface area contributed by atoms with E-state index in [1.165, 1.54) is 32.1 Å². The number of hydrogen-bond acceptors (Lipinski definition) is 7. The zero-order valence-electron chi connectivity index (χ0n) is 19.3. The minimum Gasteiger partial charge on any atom is -0.497 e. The first-order chi connectivity index (χ1) is 16.8. The lowest BCUT2D eigenvalue weighted by molar-refractivity contribution is 0.330. The molecule has 1 fully saturated rings. The maximum Gasteiger partial charge on any atom is 0.191 e. The molecule has 0 atom stereocenters. The molecule has 176 valence electrons. The molecule has 7 nitrogen and oxygen atoms in total. The highest BCUT2D eigenvalue weighted by Crippen LogP contribution is 2.34. The summed E-state index contributed by atoms with van der Waals surface area (Å²) in [4.78, 5) is 0. The summed E-state index contributed by atoms with van der Waals surface area (Å²) in [7, 11) is 1.68. The van der Waals surface area contributed by atoms with Crippen molar-refractivity contribution in [3.05, 3.63) is 72.2 Å². The van der Waals surface area contributed by atoms with Crippen molar-refractivity contribution in [1.82, 2.24) is 19.9 Å². The number of rotatable bonds is 9. The van der Waals surface area contributed by atoms with Crippen LogP contribution in [0.25, 0.3) is 11.3 Å². The Morgan fingerprint density at radius 2 is 1.88 bits per heavy atom. The molecule has 0 spiro atoms. The SMILES string of the molecule is COc1cccc(NCc2nnc(SCc3cc(-c4ccccc4)on3)n2C2CCCCC2)c1. The van der Waals surface area contributed by atoms with Crippen LogP contribution in [0.1, 0.15) is 49.7 Å². The van der Waals surface area contributed by atoms with Crippen molar-refractivity contribution in [3.63, 3.8) is 0 Å². The third kappa shape index (κ3) is 5.28. The van der Waals surface area contributed by atoms with E-state index < -0.39 is 0 Å². The molecule has 34 heavy (non-hydrogen) atoms. The molecule has 8 heteroatoms. The van der Waals surface area contributed by atoms with Gasteiger partial charge in [-0.05, 0) is 25.0 Å². The van der Waals surface area contributed by atoms with Crippen molar-refractivity contribution < 1.29 is 9.26 Å². The summed E-state index contributed by atoms with van der Waals surface area (Å²) in [6, 6.07) is 20.4. The summed E-state index contributed by atoms with van der Waals surface area (Å²) in [5.41, 5.74) is 2.93. The molecule has 1 saturated carbocycles. The lowest BCUT2D eigenvalue weighted by Gasteiger charge is -2.25. The average Bonchev–Trinajstić information content (AvgIpc) is 3.54. The van der Waals surface area contributed by atoms with Crippen molar-refractivity contribution in [3.8, 4) is 17.1 Å². The van der Waals surface area contributed by atoms with Crippen LogP contribution in [0.3, 0.4) is 0 Å². The predicted octanol–water partition coefficient (Wildman–Crippen LogP) is 6.35. The molecule has 0 amide bonds. The molecular weight excluding hydrogens is 446 g/mol. The second-order valence-electron chi connectivity index (χ2n) is 8.48. The van der Waals surface area contributed by atoms with E-state index >= 15 is 0 Å². The fourth-order valence-electron chi connectivity index (χ4n) is 4.40. The van der Waals surface area contributed by atoms with Gasteiger partial charge in [-0.25, -0.2) is 0 Å². The van der Waals surface area contributed by atoms with Crippen LogP contribution in [-0.2, 0) is 12.3 Å². The quantitative estimate of drug-likeness (QED) is 0.283. The van der Waals surface area contributed by atoms with Crippen LogP contribution in [0.15, 0.2) is 70.3 Å². The molecule has 0 unspecified atom stereocenters. The highest BCUT2D eigenvalue weighted by atomic mass is 32.2. The standard InChI is InChI=1S/C26H29N5O2S/c1-32-23-14-8-11-20(15-23)27-17-25-28-29-26(31(25)22-12-6-3-7-13-22)34-18-21-16-24(33-30-21)19-9-4-2-5-10-19/h2,4-5,8-11,14-16,22,27H,3,6-7,12-13,17-18H2,1H3. The van der Waals surface area contributed by atoms with E-state index in [1.807, 2.05) is 60.7 Å². The second-order valence-corrected chi connectivity index (χ2v) is 9.43. The van der Waals surface area contributed by atoms with E-state index in [0.29, 0.717) is 18.3 Å². The Bertz CT molecular complexity index is 1200. The molecular formula is C26H29N5O2S. The monoisotopic (exact) mass is 475 g/mol. The normalized spacial score (nSPS) is 14.3. The Balaban J connectivity index is 1.31. The first-order valence-electron chi connectivity index (χ1n) is 11.8. The van der Waals surface area contributed by atoms with Crippen molar-refractivity contribution in [2.24, 2.45) is 0 Å². The van der Waals surface area contributed by atoms with Crippen LogP contribution in [0, 0.1) is 0 Å². The van der Waals surface area contributed by atoms with Crippen molar-refractivity contribution in [2.45, 2.75) is 55.6 Å². The van der Waals surface area contributed by atoms with Crippen molar-refractivity contribution in [2.75, 3.05) is 12.4 Å². The molecule has 0 radical (unpaired) electrons. The van der Waals surface area contributed by atoms with Crippen LogP contribution in [-0.4, -0.2) is 27.0 Å². The lowest BCUT2D eigenvalue weighted by atomic mass is 9.95. The molecule has 5 rings (SSSR count). The third-order valence-corrected chi connectivity index (χ3v) is 7.14. The van der Waals surface area contributed by atoms with Crippen LogP contribution in [0.2, 0.25) is 0 Å². The molecule has 0 saturated heterocycles. The van der Waals surface area contributed by atoms with Gasteiger partial charge in [-0.3, -0.25) is 0 Å². The van der Waals surface area contributed by atoms with Gasteiger partial charge in [0.1, 0.15) is 5.75 Å². The number of ether oxygens (including phenoxy) is 1. The maximum absolute atomic E-state index is 5.57. The molecule has 2 aromatic carbocycles. The van der Waals surface area contributed by atoms with Gasteiger partial charge in [0.15, 0.2) is 16.7 Å². The number of methoxy groups -OCH3 is 1. The van der Waals surface area contributed by atoms with E-state index in [4.69, 9.17) is 9.26 Å². The topological polar surface area (TPSA) is 78.0 Å². The van der Waals surface area contributed by atoms with Gasteiger partial charge in [0, 0.05) is 35.2 Å². The number of hydrogen-bond donors (Lipinski definition) is 1. The Hall–Kier alpha value is -3.26. The number of nitrogens with zero attached hydrogens (tertiary/aromatic N) is 4. The zero-order valence-corrected chi connectivity index (χ0v) is 20.1. The molecule has 1 aliphatic rings. The van der Waals surface area contributed by atoms with Crippen LogP contribution >= 0.6 is 11.8 Å². The Labute approximate surface area is 203 Å². The van der Waals surface area contributed by atoms with Crippen LogP contribution < -0.4 is 10.1 Å². The van der Waals surface area contributed by atoms with Gasteiger partial charge >= 0.3 is 0 Å². The first-order valence-corrected chi connectivity index (χ1v) is 12.7. The summed E-state index contributed by atoms with van der Waals surface area (Å²) in [5.74, 6) is 3.26. The maximum atomic E-state index is 5.57. The van der Waals surface area contributed by atoms with Crippen molar-refractivity contribution in [1.29, 1.82) is 0 Å². The number of anilines is 1. The smallest absolute Gasteiger partial charge is 0.191 e. The first kappa shape index (κ1) is 22.5. The fraction of sp³-hybridized carbons (Fsp3) is 0.346. The molecule has 2 aromatic heterocycles. The van der Waals surface area contributed by atoms with Crippen LogP contribution in [0.5, 0.6) is 5.75 Å². The summed E-state index contributed by atoms with van der Waals surface area (Å²) in [6.07, 6.45) is 6.14. The summed E-state index contributed by atoms with van der Waals surface area (Å²) in [6.45, 7) is 0.610. The Morgan fingerprint density at radius 1 is 1.03 bits per heavy atom. The van der Waals surface area contributed by atoms with Gasteiger partial charge in [0.05, 0.1) is 19.3 Å². The zero-order chi connectivity index (χ0) is 23.2. The predicted molar refractivity (Wildman–Crippen MR) is 134 cm³/mol. The van der Waals surface area contributed by atoms with E-state index in [-0.39, 0.29) is 0 Å². The van der Waals surface area contributed by atoms with E-state index in [0.717, 1.165) is 39.4 Å². The van der Waals surface area contributed by atoms with E-state index in [9.17, 15) is 0 Å². The van der Waals surface area contributed by atoms with Crippen molar-refractivity contribution >= 4 is 17.4 Å². The second kappa shape index (κ2) is 10.8. The van der Waals surface area contributed by atoms with Gasteiger partial charge in [-0.2, -0.15) is 0 Å². The highest BCUT2D eigenvalue weighted by molar-refractivity contribution is 7.98. The van der Waals surface area contributed by atoms with Gasteiger partial charge < -0.3 is 19.1 Å². The fourth-order valence-corrected chi connectivity index (χ4v) is 5.31. The summed E-state index contributed by atoms with van der Waals surface area (Å²) in [5, 5.41) is 17.8.